The Morgan fingerprint density at radius 1 is 0.730 bits per heavy atom. The molecule has 1 radical (unpaired) electrons. The van der Waals surface area contributed by atoms with Gasteiger partial charge in [0.2, 0.25) is 0 Å². The number of rotatable bonds is 2. The number of furan rings is 1. The molecule has 7 aromatic rings. The molecule has 0 spiro atoms. The van der Waals surface area contributed by atoms with Crippen LogP contribution in [0.2, 0.25) is 0 Å². The molecule has 183 valence electrons. The smallest absolute Gasteiger partial charge is 0.129 e. The monoisotopic (exact) mass is 675 g/mol. The van der Waals surface area contributed by atoms with Crippen LogP contribution < -0.4 is 0 Å². The van der Waals surface area contributed by atoms with Crippen LogP contribution in [0.25, 0.3) is 54.5 Å². The van der Waals surface area contributed by atoms with Crippen molar-refractivity contribution in [3.63, 3.8) is 0 Å². The summed E-state index contributed by atoms with van der Waals surface area (Å²) in [5, 5.41) is 5.55. The van der Waals surface area contributed by atoms with Crippen LogP contribution in [0.5, 0.6) is 0 Å². The third-order valence-electron chi connectivity index (χ3n) is 6.31. The summed E-state index contributed by atoms with van der Waals surface area (Å²) in [6, 6.07) is 32.7. The fraction of sp³-hybridized carbons (Fsp3) is 0.0625. The average Bonchev–Trinajstić information content (AvgIpc) is 3.56. The SMILES string of the molecule is Cc1cnc(-c2[c-]ccc3c2oc2c4ccsc4ccc32)cc1C.[Ir].[c-]1ccccc1-c1ccccn1. The van der Waals surface area contributed by atoms with E-state index in [2.05, 4.69) is 71.7 Å². The number of aryl methyl sites for hydroxylation is 2. The van der Waals surface area contributed by atoms with Crippen LogP contribution in [0.15, 0.2) is 101 Å². The topological polar surface area (TPSA) is 38.9 Å². The van der Waals surface area contributed by atoms with Gasteiger partial charge in [-0.1, -0.05) is 40.8 Å². The molecule has 5 heteroatoms. The van der Waals surface area contributed by atoms with Crippen molar-refractivity contribution in [3.8, 4) is 22.5 Å². The maximum absolute atomic E-state index is 6.32. The summed E-state index contributed by atoms with van der Waals surface area (Å²) in [6.45, 7) is 4.18. The number of pyridine rings is 2. The first-order valence-electron chi connectivity index (χ1n) is 11.7. The third-order valence-corrected chi connectivity index (χ3v) is 7.19. The van der Waals surface area contributed by atoms with Gasteiger partial charge in [-0.2, -0.15) is 0 Å². The van der Waals surface area contributed by atoms with Crippen LogP contribution >= 0.6 is 11.3 Å². The Bertz CT molecular complexity index is 1770. The predicted octanol–water partition coefficient (Wildman–Crippen LogP) is 8.83. The summed E-state index contributed by atoms with van der Waals surface area (Å²) >= 11 is 1.74. The zero-order chi connectivity index (χ0) is 24.5. The molecule has 3 aromatic carbocycles. The summed E-state index contributed by atoms with van der Waals surface area (Å²) in [5.41, 5.74) is 8.07. The molecular formula is C32H22IrN2OS-2. The Kier molecular flexibility index (Phi) is 7.29. The first-order chi connectivity index (χ1) is 17.7. The van der Waals surface area contributed by atoms with Gasteiger partial charge in [0.05, 0.1) is 5.58 Å². The Labute approximate surface area is 233 Å². The van der Waals surface area contributed by atoms with Crippen molar-refractivity contribution < 1.29 is 24.5 Å². The van der Waals surface area contributed by atoms with Gasteiger partial charge < -0.3 is 14.4 Å². The molecule has 0 aliphatic heterocycles. The summed E-state index contributed by atoms with van der Waals surface area (Å²) in [6.07, 6.45) is 3.70. The van der Waals surface area contributed by atoms with Crippen LogP contribution in [0, 0.1) is 26.0 Å². The Morgan fingerprint density at radius 2 is 1.59 bits per heavy atom. The number of nitrogens with zero attached hydrogens (tertiary/aromatic N) is 2. The summed E-state index contributed by atoms with van der Waals surface area (Å²) < 4.78 is 7.56. The van der Waals surface area contributed by atoms with Crippen molar-refractivity contribution in [2.24, 2.45) is 0 Å². The number of benzene rings is 3. The first kappa shape index (κ1) is 25.0. The molecule has 0 saturated carbocycles. The van der Waals surface area contributed by atoms with Crippen molar-refractivity contribution >= 4 is 43.4 Å². The van der Waals surface area contributed by atoms with Crippen LogP contribution in [0.1, 0.15) is 11.1 Å². The summed E-state index contributed by atoms with van der Waals surface area (Å²) in [7, 11) is 0. The molecule has 7 rings (SSSR count). The van der Waals surface area contributed by atoms with Crippen LogP contribution in [-0.2, 0) is 20.1 Å². The van der Waals surface area contributed by atoms with E-state index in [1.165, 1.54) is 21.2 Å². The van der Waals surface area contributed by atoms with Crippen LogP contribution in [-0.4, -0.2) is 9.97 Å². The molecule has 0 saturated heterocycles. The summed E-state index contributed by atoms with van der Waals surface area (Å²) in [5.74, 6) is 0. The van der Waals surface area contributed by atoms with Gasteiger partial charge >= 0.3 is 0 Å². The van der Waals surface area contributed by atoms with E-state index in [-0.39, 0.29) is 20.1 Å². The van der Waals surface area contributed by atoms with Gasteiger partial charge in [0.25, 0.3) is 0 Å². The van der Waals surface area contributed by atoms with Crippen molar-refractivity contribution in [1.82, 2.24) is 9.97 Å². The number of thiophene rings is 1. The molecule has 3 nitrogen and oxygen atoms in total. The maximum Gasteiger partial charge on any atom is 0.129 e. The standard InChI is InChI=1S/C21H14NOS.C11H8N.Ir/c1-12-10-18(22-11-13(12)2)16-5-3-4-14-15-6-7-19-17(8-9-24-19)21(15)23-20(14)16;1-2-6-10(7-3-1)11-8-4-5-9-12-11;/h3-4,6-11H,1-2H3;1-6,8-9H;/q2*-1;. The van der Waals surface area contributed by atoms with Gasteiger partial charge in [-0.25, -0.2) is 0 Å². The molecule has 0 amide bonds. The van der Waals surface area contributed by atoms with Gasteiger partial charge in [-0.15, -0.1) is 65.4 Å². The zero-order valence-corrected chi connectivity index (χ0v) is 23.5. The van der Waals surface area contributed by atoms with Crippen molar-refractivity contribution in [2.75, 3.05) is 0 Å². The van der Waals surface area contributed by atoms with Crippen LogP contribution in [0.4, 0.5) is 0 Å². The summed E-state index contributed by atoms with van der Waals surface area (Å²) in [4.78, 5) is 8.81. The number of hydrogen-bond acceptors (Lipinski definition) is 4. The molecule has 4 aromatic heterocycles. The van der Waals surface area contributed by atoms with Gasteiger partial charge in [-0.3, -0.25) is 0 Å². The van der Waals surface area contributed by atoms with Gasteiger partial charge in [0, 0.05) is 48.0 Å². The van der Waals surface area contributed by atoms with Gasteiger partial charge in [0.15, 0.2) is 0 Å². The normalized spacial score (nSPS) is 10.8. The molecule has 0 bridgehead atoms. The Morgan fingerprint density at radius 3 is 2.38 bits per heavy atom. The largest absolute Gasteiger partial charge is 0.500 e. The van der Waals surface area contributed by atoms with Gasteiger partial charge in [0.1, 0.15) is 5.58 Å². The van der Waals surface area contributed by atoms with Crippen molar-refractivity contribution in [2.45, 2.75) is 13.8 Å². The van der Waals surface area contributed by atoms with E-state index >= 15 is 0 Å². The van der Waals surface area contributed by atoms with Crippen molar-refractivity contribution in [1.29, 1.82) is 0 Å². The molecule has 0 N–H and O–H groups in total. The van der Waals surface area contributed by atoms with E-state index in [1.807, 2.05) is 54.7 Å². The van der Waals surface area contributed by atoms with E-state index in [1.54, 1.807) is 17.5 Å². The minimum absolute atomic E-state index is 0. The molecule has 4 heterocycles. The minimum atomic E-state index is 0. The molecule has 0 aliphatic carbocycles. The van der Waals surface area contributed by atoms with E-state index in [0.29, 0.717) is 0 Å². The fourth-order valence-corrected chi connectivity index (χ4v) is 5.06. The van der Waals surface area contributed by atoms with E-state index in [0.717, 1.165) is 44.5 Å². The second kappa shape index (κ2) is 10.8. The maximum atomic E-state index is 6.32. The molecule has 0 fully saturated rings. The quantitative estimate of drug-likeness (QED) is 0.172. The minimum Gasteiger partial charge on any atom is -0.500 e. The molecule has 0 atom stereocenters. The van der Waals surface area contributed by atoms with E-state index in [4.69, 9.17) is 4.42 Å². The molecule has 37 heavy (non-hydrogen) atoms. The van der Waals surface area contributed by atoms with E-state index < -0.39 is 0 Å². The number of fused-ring (bicyclic) bond motifs is 5. The number of hydrogen-bond donors (Lipinski definition) is 0. The van der Waals surface area contributed by atoms with Crippen LogP contribution in [0.3, 0.4) is 0 Å². The number of aromatic nitrogens is 2. The zero-order valence-electron chi connectivity index (χ0n) is 20.3. The molecule has 0 aliphatic rings. The van der Waals surface area contributed by atoms with E-state index in [9.17, 15) is 0 Å². The van der Waals surface area contributed by atoms with Crippen molar-refractivity contribution in [3.05, 3.63) is 120 Å². The Hall–Kier alpha value is -3.63. The molecule has 0 unspecified atom stereocenters. The average molecular weight is 675 g/mol. The third kappa shape index (κ3) is 4.86. The second-order valence-corrected chi connectivity index (χ2v) is 9.56. The fourth-order valence-electron chi connectivity index (χ4n) is 4.27. The van der Waals surface area contributed by atoms with Gasteiger partial charge in [-0.05, 0) is 54.4 Å². The second-order valence-electron chi connectivity index (χ2n) is 8.62. The first-order valence-corrected chi connectivity index (χ1v) is 12.6. The predicted molar refractivity (Wildman–Crippen MR) is 149 cm³/mol. The molecular weight excluding hydrogens is 653 g/mol. The Balaban J connectivity index is 0.000000183.